The van der Waals surface area contributed by atoms with Crippen LogP contribution in [0.15, 0.2) is 29.6 Å². The van der Waals surface area contributed by atoms with Crippen molar-refractivity contribution in [2.75, 3.05) is 0 Å². The van der Waals surface area contributed by atoms with Crippen molar-refractivity contribution < 1.29 is 14.7 Å². The summed E-state index contributed by atoms with van der Waals surface area (Å²) in [7, 11) is 0. The number of carbonyl (C=O) groups excluding carboxylic acids is 1. The van der Waals surface area contributed by atoms with Gasteiger partial charge in [0.15, 0.2) is 5.69 Å². The molecular weight excluding hydrogens is 324 g/mol. The van der Waals surface area contributed by atoms with E-state index in [4.69, 9.17) is 5.11 Å². The second-order valence-corrected chi connectivity index (χ2v) is 7.01. The van der Waals surface area contributed by atoms with Gasteiger partial charge in [-0.25, -0.2) is 9.78 Å². The lowest BCUT2D eigenvalue weighted by Crippen LogP contribution is -2.24. The van der Waals surface area contributed by atoms with E-state index < -0.39 is 5.97 Å². The van der Waals surface area contributed by atoms with E-state index >= 15 is 0 Å². The van der Waals surface area contributed by atoms with E-state index in [1.165, 1.54) is 36.0 Å². The van der Waals surface area contributed by atoms with Gasteiger partial charge in [-0.3, -0.25) is 4.79 Å². The highest BCUT2D eigenvalue weighted by atomic mass is 32.1. The maximum atomic E-state index is 11.9. The molecule has 6 heteroatoms. The average molecular weight is 344 g/mol. The summed E-state index contributed by atoms with van der Waals surface area (Å²) >= 11 is 1.31. The van der Waals surface area contributed by atoms with Crippen molar-refractivity contribution in [3.05, 3.63) is 40.9 Å². The third-order valence-corrected chi connectivity index (χ3v) is 5.28. The maximum absolute atomic E-state index is 11.9. The number of aromatic carboxylic acids is 1. The quantitative estimate of drug-likeness (QED) is 0.802. The van der Waals surface area contributed by atoms with Gasteiger partial charge < -0.3 is 10.4 Å². The number of nitrogens with one attached hydrogen (secondary N) is 1. The number of nitrogens with zero attached hydrogens (tertiary/aromatic N) is 1. The number of amides is 1. The number of benzene rings is 1. The lowest BCUT2D eigenvalue weighted by Gasteiger charge is -2.24. The van der Waals surface area contributed by atoms with Crippen molar-refractivity contribution >= 4 is 23.2 Å². The van der Waals surface area contributed by atoms with Crippen LogP contribution in [-0.4, -0.2) is 22.0 Å². The average Bonchev–Trinajstić information content (AvgIpc) is 3.02. The van der Waals surface area contributed by atoms with E-state index in [9.17, 15) is 9.59 Å². The molecule has 1 saturated carbocycles. The zero-order valence-electron chi connectivity index (χ0n) is 13.3. The number of carbonyl (C=O) groups is 2. The molecule has 24 heavy (non-hydrogen) atoms. The normalized spacial score (nSPS) is 14.2. The second-order valence-electron chi connectivity index (χ2n) is 6.16. The van der Waals surface area contributed by atoms with Crippen molar-refractivity contribution in [3.8, 4) is 10.6 Å². The highest BCUT2D eigenvalue weighted by Crippen LogP contribution is 2.30. The van der Waals surface area contributed by atoms with Crippen molar-refractivity contribution in [2.45, 2.75) is 38.6 Å². The molecule has 2 N–H and O–H groups in total. The Bertz CT molecular complexity index is 737. The molecule has 0 unspecified atom stereocenters. The fourth-order valence-electron chi connectivity index (χ4n) is 2.72. The van der Waals surface area contributed by atoms with E-state index in [1.54, 1.807) is 0 Å². The molecular formula is C18H20N2O3S. The van der Waals surface area contributed by atoms with Crippen molar-refractivity contribution in [2.24, 2.45) is 5.92 Å². The molecule has 0 spiro atoms. The van der Waals surface area contributed by atoms with Crippen LogP contribution < -0.4 is 5.32 Å². The van der Waals surface area contributed by atoms with Gasteiger partial charge in [0.05, 0.1) is 0 Å². The van der Waals surface area contributed by atoms with E-state index in [0.717, 1.165) is 23.5 Å². The first kappa shape index (κ1) is 16.6. The number of aromatic nitrogens is 1. The smallest absolute Gasteiger partial charge is 0.355 e. The van der Waals surface area contributed by atoms with Crippen LogP contribution >= 0.6 is 11.3 Å². The van der Waals surface area contributed by atoms with Gasteiger partial charge in [0, 0.05) is 23.9 Å². The summed E-state index contributed by atoms with van der Waals surface area (Å²) in [4.78, 5) is 26.9. The maximum Gasteiger partial charge on any atom is 0.355 e. The number of hydrogen-bond acceptors (Lipinski definition) is 4. The van der Waals surface area contributed by atoms with Crippen LogP contribution in [0.5, 0.6) is 0 Å². The summed E-state index contributed by atoms with van der Waals surface area (Å²) in [5, 5.41) is 14.1. The van der Waals surface area contributed by atoms with Crippen LogP contribution in [0.25, 0.3) is 10.6 Å². The molecule has 0 atom stereocenters. The number of rotatable bonds is 7. The van der Waals surface area contributed by atoms with Gasteiger partial charge in [0.2, 0.25) is 5.91 Å². The molecule has 2 aromatic rings. The zero-order valence-corrected chi connectivity index (χ0v) is 14.1. The third-order valence-electron chi connectivity index (χ3n) is 4.39. The Labute approximate surface area is 144 Å². The van der Waals surface area contributed by atoms with Crippen molar-refractivity contribution in [1.29, 1.82) is 0 Å². The molecule has 1 aromatic carbocycles. The minimum atomic E-state index is -1.02. The first-order chi connectivity index (χ1) is 11.6. The van der Waals surface area contributed by atoms with E-state index in [2.05, 4.69) is 10.3 Å². The second kappa shape index (κ2) is 7.57. The van der Waals surface area contributed by atoms with Gasteiger partial charge in [-0.1, -0.05) is 37.5 Å². The molecule has 1 aliphatic rings. The lowest BCUT2D eigenvalue weighted by molar-refractivity contribution is -0.121. The number of carboxylic acid groups (broad SMARTS) is 1. The predicted octanol–water partition coefficient (Wildman–Crippen LogP) is 3.70. The summed E-state index contributed by atoms with van der Waals surface area (Å²) in [6, 6.07) is 7.68. The van der Waals surface area contributed by atoms with Crippen molar-refractivity contribution in [3.63, 3.8) is 0 Å². The van der Waals surface area contributed by atoms with E-state index in [1.807, 2.05) is 24.3 Å². The van der Waals surface area contributed by atoms with Gasteiger partial charge in [0.25, 0.3) is 0 Å². The van der Waals surface area contributed by atoms with E-state index in [-0.39, 0.29) is 11.6 Å². The largest absolute Gasteiger partial charge is 0.476 e. The minimum absolute atomic E-state index is 0.0599. The number of thiazole rings is 1. The molecule has 3 rings (SSSR count). The molecule has 1 aliphatic carbocycles. The summed E-state index contributed by atoms with van der Waals surface area (Å²) in [5.41, 5.74) is 1.91. The highest BCUT2D eigenvalue weighted by Gasteiger charge is 2.18. The van der Waals surface area contributed by atoms with Gasteiger partial charge in [-0.15, -0.1) is 11.3 Å². The van der Waals surface area contributed by atoms with E-state index in [0.29, 0.717) is 18.0 Å². The Morgan fingerprint density at radius 2 is 2.17 bits per heavy atom. The molecule has 0 radical (unpaired) electrons. The van der Waals surface area contributed by atoms with Crippen LogP contribution in [0, 0.1) is 5.92 Å². The molecule has 1 fully saturated rings. The fourth-order valence-corrected chi connectivity index (χ4v) is 3.52. The Hall–Kier alpha value is -2.21. The molecule has 5 nitrogen and oxygen atoms in total. The molecule has 126 valence electrons. The van der Waals surface area contributed by atoms with Crippen LogP contribution in [0.4, 0.5) is 0 Å². The minimum Gasteiger partial charge on any atom is -0.476 e. The summed E-state index contributed by atoms with van der Waals surface area (Å²) in [6.45, 7) is 0.481. The lowest BCUT2D eigenvalue weighted by atomic mass is 9.82. The topological polar surface area (TPSA) is 79.3 Å². The molecule has 0 aliphatic heterocycles. The number of hydrogen-bond donors (Lipinski definition) is 2. The summed E-state index contributed by atoms with van der Waals surface area (Å²) in [5.74, 6) is -0.186. The van der Waals surface area contributed by atoms with Crippen LogP contribution in [0.1, 0.15) is 48.2 Å². The summed E-state index contributed by atoms with van der Waals surface area (Å²) in [6.07, 6.45) is 5.42. The van der Waals surface area contributed by atoms with Gasteiger partial charge >= 0.3 is 5.97 Å². The highest BCUT2D eigenvalue weighted by molar-refractivity contribution is 7.13. The molecule has 0 bridgehead atoms. The van der Waals surface area contributed by atoms with Crippen LogP contribution in [0.2, 0.25) is 0 Å². The monoisotopic (exact) mass is 344 g/mol. The van der Waals surface area contributed by atoms with Crippen LogP contribution in [-0.2, 0) is 11.3 Å². The first-order valence-electron chi connectivity index (χ1n) is 8.16. The molecule has 1 aromatic heterocycles. The Morgan fingerprint density at radius 3 is 2.83 bits per heavy atom. The van der Waals surface area contributed by atoms with Crippen molar-refractivity contribution in [1.82, 2.24) is 10.3 Å². The Morgan fingerprint density at radius 1 is 1.33 bits per heavy atom. The summed E-state index contributed by atoms with van der Waals surface area (Å²) < 4.78 is 0. The van der Waals surface area contributed by atoms with Gasteiger partial charge in [0.1, 0.15) is 5.01 Å². The molecule has 1 heterocycles. The molecule has 1 amide bonds. The Balaban J connectivity index is 1.56. The third kappa shape index (κ3) is 4.20. The van der Waals surface area contributed by atoms with Gasteiger partial charge in [-0.05, 0) is 24.0 Å². The Kier molecular flexibility index (Phi) is 5.25. The zero-order chi connectivity index (χ0) is 16.9. The standard InChI is InChI=1S/C18H20N2O3S/c21-16(8-7-12-3-1-4-12)19-10-13-5-2-6-14(9-13)17-20-15(11-24-17)18(22)23/h2,5-6,9,11-12H,1,3-4,7-8,10H2,(H,19,21)(H,22,23). The first-order valence-corrected chi connectivity index (χ1v) is 9.04. The van der Waals surface area contributed by atoms with Gasteiger partial charge in [-0.2, -0.15) is 0 Å². The number of carboxylic acids is 1. The van der Waals surface area contributed by atoms with Crippen LogP contribution in [0.3, 0.4) is 0 Å². The SMILES string of the molecule is O=C(CCC1CCC1)NCc1cccc(-c2nc(C(=O)O)cs2)c1. The molecule has 0 saturated heterocycles. The predicted molar refractivity (Wildman–Crippen MR) is 92.9 cm³/mol. The fraction of sp³-hybridized carbons (Fsp3) is 0.389.